The number of hydrogen-bond acceptors (Lipinski definition) is 3. The van der Waals surface area contributed by atoms with Crippen molar-refractivity contribution in [3.8, 4) is 0 Å². The van der Waals surface area contributed by atoms with Crippen LogP contribution in [0.15, 0.2) is 24.3 Å². The fourth-order valence-electron chi connectivity index (χ4n) is 2.17. The number of nitrogens with one attached hydrogen (secondary N) is 2. The van der Waals surface area contributed by atoms with Crippen LogP contribution in [0.4, 0.5) is 10.1 Å². The molecular weight excluding hydrogens is 259 g/mol. The standard InChI is InChI=1S/C15H23FN2O2/c1-11(2)8-15(3,20)10-17-9-14(19)18-13-6-4-5-12(16)7-13/h4-7,11,17,20H,8-10H2,1-3H3,(H,18,19). The van der Waals surface area contributed by atoms with Gasteiger partial charge in [-0.3, -0.25) is 4.79 Å². The van der Waals surface area contributed by atoms with Crippen LogP contribution in [0.3, 0.4) is 0 Å². The van der Waals surface area contributed by atoms with Gasteiger partial charge in [-0.1, -0.05) is 19.9 Å². The van der Waals surface area contributed by atoms with Crippen LogP contribution in [0.5, 0.6) is 0 Å². The second kappa shape index (κ2) is 7.36. The number of rotatable bonds is 7. The average molecular weight is 282 g/mol. The third-order valence-electron chi connectivity index (χ3n) is 2.75. The summed E-state index contributed by atoms with van der Waals surface area (Å²) in [5.41, 5.74) is -0.418. The number of hydrogen-bond donors (Lipinski definition) is 3. The Morgan fingerprint density at radius 3 is 2.75 bits per heavy atom. The van der Waals surface area contributed by atoms with Gasteiger partial charge >= 0.3 is 0 Å². The third-order valence-corrected chi connectivity index (χ3v) is 2.75. The fourth-order valence-corrected chi connectivity index (χ4v) is 2.17. The largest absolute Gasteiger partial charge is 0.389 e. The number of aliphatic hydroxyl groups is 1. The van der Waals surface area contributed by atoms with E-state index in [9.17, 15) is 14.3 Å². The van der Waals surface area contributed by atoms with Crippen molar-refractivity contribution in [2.24, 2.45) is 5.92 Å². The summed E-state index contributed by atoms with van der Waals surface area (Å²) in [6.07, 6.45) is 0.658. The predicted octanol–water partition coefficient (Wildman–Crippen LogP) is 2.15. The van der Waals surface area contributed by atoms with Crippen LogP contribution in [0.25, 0.3) is 0 Å². The minimum Gasteiger partial charge on any atom is -0.389 e. The summed E-state index contributed by atoms with van der Waals surface area (Å²) in [4.78, 5) is 11.7. The van der Waals surface area contributed by atoms with Gasteiger partial charge in [-0.15, -0.1) is 0 Å². The molecule has 0 aliphatic rings. The fraction of sp³-hybridized carbons (Fsp3) is 0.533. The SMILES string of the molecule is CC(C)CC(C)(O)CNCC(=O)Nc1cccc(F)c1. The summed E-state index contributed by atoms with van der Waals surface area (Å²) in [6.45, 7) is 6.22. The van der Waals surface area contributed by atoms with Crippen LogP contribution in [-0.4, -0.2) is 29.7 Å². The molecule has 0 aliphatic carbocycles. The molecule has 0 spiro atoms. The van der Waals surface area contributed by atoms with E-state index in [0.717, 1.165) is 0 Å². The average Bonchev–Trinajstić information content (AvgIpc) is 2.26. The van der Waals surface area contributed by atoms with Gasteiger partial charge in [0.15, 0.2) is 0 Å². The monoisotopic (exact) mass is 282 g/mol. The van der Waals surface area contributed by atoms with Crippen molar-refractivity contribution in [1.29, 1.82) is 0 Å². The Kier molecular flexibility index (Phi) is 6.10. The second-order valence-corrected chi connectivity index (χ2v) is 5.76. The van der Waals surface area contributed by atoms with Crippen molar-refractivity contribution >= 4 is 11.6 Å². The molecule has 3 N–H and O–H groups in total. The zero-order valence-electron chi connectivity index (χ0n) is 12.2. The first-order chi connectivity index (χ1) is 9.28. The zero-order valence-corrected chi connectivity index (χ0v) is 12.2. The lowest BCUT2D eigenvalue weighted by Crippen LogP contribution is -2.41. The molecule has 1 aromatic rings. The summed E-state index contributed by atoms with van der Waals surface area (Å²) >= 11 is 0. The van der Waals surface area contributed by atoms with Crippen molar-refractivity contribution in [1.82, 2.24) is 5.32 Å². The summed E-state index contributed by atoms with van der Waals surface area (Å²) in [7, 11) is 0. The second-order valence-electron chi connectivity index (χ2n) is 5.76. The molecule has 0 fully saturated rings. The molecule has 0 radical (unpaired) electrons. The molecule has 1 unspecified atom stereocenters. The summed E-state index contributed by atoms with van der Waals surface area (Å²) in [6, 6.07) is 5.73. The van der Waals surface area contributed by atoms with Crippen LogP contribution in [0.2, 0.25) is 0 Å². The van der Waals surface area contributed by atoms with Gasteiger partial charge < -0.3 is 15.7 Å². The maximum atomic E-state index is 12.9. The molecular formula is C15H23FN2O2. The Morgan fingerprint density at radius 2 is 2.15 bits per heavy atom. The molecule has 4 nitrogen and oxygen atoms in total. The number of anilines is 1. The molecule has 0 saturated heterocycles. The first kappa shape index (κ1) is 16.6. The summed E-state index contributed by atoms with van der Waals surface area (Å²) in [5, 5.41) is 15.6. The Bertz CT molecular complexity index is 447. The van der Waals surface area contributed by atoms with Gasteiger partial charge in [0.05, 0.1) is 12.1 Å². The van der Waals surface area contributed by atoms with Gasteiger partial charge in [0.25, 0.3) is 0 Å². The highest BCUT2D eigenvalue weighted by molar-refractivity contribution is 5.92. The van der Waals surface area contributed by atoms with Gasteiger partial charge in [0.1, 0.15) is 5.82 Å². The first-order valence-electron chi connectivity index (χ1n) is 6.77. The van der Waals surface area contributed by atoms with E-state index in [4.69, 9.17) is 0 Å². The number of amides is 1. The van der Waals surface area contributed by atoms with E-state index in [1.807, 2.05) is 13.8 Å². The lowest BCUT2D eigenvalue weighted by atomic mass is 9.94. The molecule has 1 rings (SSSR count). The van der Waals surface area contributed by atoms with E-state index >= 15 is 0 Å². The van der Waals surface area contributed by atoms with Gasteiger partial charge in [0.2, 0.25) is 5.91 Å². The van der Waals surface area contributed by atoms with Crippen molar-refractivity contribution < 1.29 is 14.3 Å². The van der Waals surface area contributed by atoms with Gasteiger partial charge in [-0.25, -0.2) is 4.39 Å². The highest BCUT2D eigenvalue weighted by atomic mass is 19.1. The molecule has 1 amide bonds. The third kappa shape index (κ3) is 6.63. The van der Waals surface area contributed by atoms with Crippen molar-refractivity contribution in [3.05, 3.63) is 30.1 Å². The minimum atomic E-state index is -0.840. The Balaban J connectivity index is 2.33. The Morgan fingerprint density at radius 1 is 1.45 bits per heavy atom. The van der Waals surface area contributed by atoms with Crippen LogP contribution in [0, 0.1) is 11.7 Å². The number of halogens is 1. The number of carbonyl (C=O) groups is 1. The zero-order chi connectivity index (χ0) is 15.2. The van der Waals surface area contributed by atoms with Crippen LogP contribution >= 0.6 is 0 Å². The van der Waals surface area contributed by atoms with Crippen molar-refractivity contribution in [2.75, 3.05) is 18.4 Å². The molecule has 0 bridgehead atoms. The molecule has 0 saturated carbocycles. The highest BCUT2D eigenvalue weighted by Gasteiger charge is 2.21. The molecule has 0 aromatic heterocycles. The van der Waals surface area contributed by atoms with Crippen LogP contribution < -0.4 is 10.6 Å². The molecule has 1 atom stereocenters. The lowest BCUT2D eigenvalue weighted by Gasteiger charge is -2.25. The minimum absolute atomic E-state index is 0.0742. The number of benzene rings is 1. The molecule has 20 heavy (non-hydrogen) atoms. The summed E-state index contributed by atoms with van der Waals surface area (Å²) in [5.74, 6) is -0.278. The van der Waals surface area contributed by atoms with Gasteiger partial charge in [0, 0.05) is 12.2 Å². The van der Waals surface area contributed by atoms with Crippen molar-refractivity contribution in [3.63, 3.8) is 0 Å². The van der Waals surface area contributed by atoms with E-state index < -0.39 is 11.4 Å². The molecule has 5 heteroatoms. The maximum absolute atomic E-state index is 12.9. The molecule has 112 valence electrons. The van der Waals surface area contributed by atoms with Gasteiger partial charge in [-0.05, 0) is 37.5 Å². The first-order valence-corrected chi connectivity index (χ1v) is 6.77. The van der Waals surface area contributed by atoms with E-state index in [-0.39, 0.29) is 12.5 Å². The normalized spacial score (nSPS) is 14.1. The van der Waals surface area contributed by atoms with E-state index in [1.54, 1.807) is 13.0 Å². The predicted molar refractivity (Wildman–Crippen MR) is 78.0 cm³/mol. The van der Waals surface area contributed by atoms with Crippen LogP contribution in [-0.2, 0) is 4.79 Å². The summed E-state index contributed by atoms with van der Waals surface area (Å²) < 4.78 is 12.9. The molecule has 1 aromatic carbocycles. The molecule has 0 aliphatic heterocycles. The molecule has 0 heterocycles. The van der Waals surface area contributed by atoms with Crippen molar-refractivity contribution in [2.45, 2.75) is 32.8 Å². The maximum Gasteiger partial charge on any atom is 0.238 e. The lowest BCUT2D eigenvalue weighted by molar-refractivity contribution is -0.115. The Labute approximate surface area is 119 Å². The highest BCUT2D eigenvalue weighted by Crippen LogP contribution is 2.15. The smallest absolute Gasteiger partial charge is 0.238 e. The Hall–Kier alpha value is -1.46. The van der Waals surface area contributed by atoms with E-state index in [2.05, 4.69) is 10.6 Å². The quantitative estimate of drug-likeness (QED) is 0.718. The van der Waals surface area contributed by atoms with E-state index in [0.29, 0.717) is 24.6 Å². The topological polar surface area (TPSA) is 61.4 Å². The van der Waals surface area contributed by atoms with Crippen LogP contribution in [0.1, 0.15) is 27.2 Å². The number of carbonyl (C=O) groups excluding carboxylic acids is 1. The van der Waals surface area contributed by atoms with E-state index in [1.165, 1.54) is 18.2 Å². The van der Waals surface area contributed by atoms with Gasteiger partial charge in [-0.2, -0.15) is 0 Å².